The summed E-state index contributed by atoms with van der Waals surface area (Å²) >= 11 is 0. The van der Waals surface area contributed by atoms with E-state index in [-0.39, 0.29) is 18.2 Å². The summed E-state index contributed by atoms with van der Waals surface area (Å²) < 4.78 is 11.2. The molecule has 2 saturated heterocycles. The van der Waals surface area contributed by atoms with E-state index in [0.29, 0.717) is 6.01 Å². The number of rotatable bonds is 4. The van der Waals surface area contributed by atoms with E-state index in [4.69, 9.17) is 19.4 Å². The maximum Gasteiger partial charge on any atom is 0.410 e. The Hall–Kier alpha value is -2.87. The van der Waals surface area contributed by atoms with Crippen LogP contribution in [-0.2, 0) is 24.2 Å². The number of hydrogen-bond donors (Lipinski definition) is 0. The van der Waals surface area contributed by atoms with E-state index in [1.165, 1.54) is 11.1 Å². The summed E-state index contributed by atoms with van der Waals surface area (Å²) in [6.45, 7) is 9.93. The zero-order chi connectivity index (χ0) is 23.9. The van der Waals surface area contributed by atoms with Crippen LogP contribution in [0.25, 0.3) is 0 Å². The Kier molecular flexibility index (Phi) is 6.10. The topological polar surface area (TPSA) is 71.0 Å². The lowest BCUT2D eigenvalue weighted by Crippen LogP contribution is -2.57. The minimum absolute atomic E-state index is 0.142. The number of carbonyl (C=O) groups excluding carboxylic acids is 1. The van der Waals surface area contributed by atoms with Gasteiger partial charge in [-0.1, -0.05) is 30.3 Å². The summed E-state index contributed by atoms with van der Waals surface area (Å²) in [6.07, 6.45) is 2.70. The van der Waals surface area contributed by atoms with Gasteiger partial charge in [-0.05, 0) is 45.6 Å². The molecule has 0 radical (unpaired) electrons. The highest BCUT2D eigenvalue weighted by molar-refractivity contribution is 5.70. The van der Waals surface area contributed by atoms with Gasteiger partial charge in [-0.2, -0.15) is 9.97 Å². The number of carbonyl (C=O) groups is 1. The number of methoxy groups -OCH3 is 1. The van der Waals surface area contributed by atoms with Crippen molar-refractivity contribution in [2.24, 2.45) is 0 Å². The molecule has 2 fully saturated rings. The van der Waals surface area contributed by atoms with E-state index >= 15 is 0 Å². The molecule has 0 N–H and O–H groups in total. The van der Waals surface area contributed by atoms with Gasteiger partial charge in [-0.3, -0.25) is 9.80 Å². The molecule has 0 saturated carbocycles. The van der Waals surface area contributed by atoms with Crippen LogP contribution in [0.2, 0.25) is 0 Å². The summed E-state index contributed by atoms with van der Waals surface area (Å²) in [5.74, 6) is 0.974. The third-order valence-electron chi connectivity index (χ3n) is 6.92. The van der Waals surface area contributed by atoms with Crippen molar-refractivity contribution < 1.29 is 14.3 Å². The van der Waals surface area contributed by atoms with Crippen molar-refractivity contribution >= 4 is 11.9 Å². The SMILES string of the molecule is COc1nc2c(c(N3CC4CCC(C3)N4C(=O)OC(C)(C)C)n1)CCN(Cc1ccccc1)C2. The lowest BCUT2D eigenvalue weighted by Gasteiger charge is -2.42. The second-order valence-electron chi connectivity index (χ2n) is 10.6. The van der Waals surface area contributed by atoms with E-state index in [2.05, 4.69) is 40.1 Å². The molecular formula is C26H35N5O3. The summed E-state index contributed by atoms with van der Waals surface area (Å²) in [6, 6.07) is 11.3. The zero-order valence-electron chi connectivity index (χ0n) is 20.7. The minimum atomic E-state index is -0.488. The fourth-order valence-corrected chi connectivity index (χ4v) is 5.46. The number of anilines is 1. The van der Waals surface area contributed by atoms with Crippen LogP contribution in [0.15, 0.2) is 30.3 Å². The maximum absolute atomic E-state index is 12.9. The van der Waals surface area contributed by atoms with Gasteiger partial charge in [0.1, 0.15) is 11.4 Å². The summed E-state index contributed by atoms with van der Waals surface area (Å²) in [5.41, 5.74) is 3.08. The smallest absolute Gasteiger partial charge is 0.410 e. The van der Waals surface area contributed by atoms with Crippen LogP contribution in [0.3, 0.4) is 0 Å². The van der Waals surface area contributed by atoms with Gasteiger partial charge in [0, 0.05) is 38.3 Å². The Morgan fingerprint density at radius 3 is 2.44 bits per heavy atom. The maximum atomic E-state index is 12.9. The second kappa shape index (κ2) is 9.06. The fraction of sp³-hybridized carbons (Fsp3) is 0.577. The average molecular weight is 466 g/mol. The highest BCUT2D eigenvalue weighted by atomic mass is 16.6. The number of nitrogens with zero attached hydrogens (tertiary/aromatic N) is 5. The molecule has 2 bridgehead atoms. The molecule has 8 heteroatoms. The van der Waals surface area contributed by atoms with Crippen LogP contribution in [-0.4, -0.2) is 70.3 Å². The Bertz CT molecular complexity index is 1020. The van der Waals surface area contributed by atoms with Gasteiger partial charge in [0.25, 0.3) is 0 Å². The first kappa shape index (κ1) is 22.9. The first-order chi connectivity index (χ1) is 16.3. The van der Waals surface area contributed by atoms with Crippen molar-refractivity contribution in [3.63, 3.8) is 0 Å². The average Bonchev–Trinajstić information content (AvgIpc) is 3.07. The molecule has 1 aromatic carbocycles. The lowest BCUT2D eigenvalue weighted by atomic mass is 10.0. The fourth-order valence-electron chi connectivity index (χ4n) is 5.46. The molecule has 0 aliphatic carbocycles. The number of aromatic nitrogens is 2. The van der Waals surface area contributed by atoms with Crippen LogP contribution < -0.4 is 9.64 Å². The molecule has 4 heterocycles. The Balaban J connectivity index is 1.35. The Morgan fingerprint density at radius 2 is 1.79 bits per heavy atom. The highest BCUT2D eigenvalue weighted by Crippen LogP contribution is 2.36. The van der Waals surface area contributed by atoms with E-state index in [1.54, 1.807) is 7.11 Å². The van der Waals surface area contributed by atoms with Crippen LogP contribution in [0.1, 0.15) is 50.4 Å². The van der Waals surface area contributed by atoms with Gasteiger partial charge in [0.15, 0.2) is 0 Å². The van der Waals surface area contributed by atoms with Gasteiger partial charge in [0.2, 0.25) is 0 Å². The summed E-state index contributed by atoms with van der Waals surface area (Å²) in [7, 11) is 1.63. The zero-order valence-corrected chi connectivity index (χ0v) is 20.7. The molecule has 0 spiro atoms. The second-order valence-corrected chi connectivity index (χ2v) is 10.6. The first-order valence-corrected chi connectivity index (χ1v) is 12.3. The van der Waals surface area contributed by atoms with Gasteiger partial charge >= 0.3 is 12.1 Å². The number of benzene rings is 1. The molecule has 2 atom stereocenters. The molecular weight excluding hydrogens is 430 g/mol. The predicted molar refractivity (Wildman–Crippen MR) is 130 cm³/mol. The van der Waals surface area contributed by atoms with E-state index in [0.717, 1.165) is 63.5 Å². The molecule has 2 aromatic rings. The third kappa shape index (κ3) is 4.69. The van der Waals surface area contributed by atoms with Crippen molar-refractivity contribution in [2.45, 2.75) is 70.8 Å². The molecule has 2 unspecified atom stereocenters. The van der Waals surface area contributed by atoms with Crippen LogP contribution >= 0.6 is 0 Å². The number of fused-ring (bicyclic) bond motifs is 3. The first-order valence-electron chi connectivity index (χ1n) is 12.3. The van der Waals surface area contributed by atoms with Gasteiger partial charge in [0.05, 0.1) is 24.9 Å². The number of hydrogen-bond acceptors (Lipinski definition) is 7. The van der Waals surface area contributed by atoms with Crippen molar-refractivity contribution in [1.29, 1.82) is 0 Å². The van der Waals surface area contributed by atoms with E-state index < -0.39 is 5.60 Å². The molecule has 1 aromatic heterocycles. The molecule has 3 aliphatic rings. The van der Waals surface area contributed by atoms with Crippen LogP contribution in [0, 0.1) is 0 Å². The number of piperazine rings is 1. The molecule has 1 amide bonds. The molecule has 8 nitrogen and oxygen atoms in total. The Morgan fingerprint density at radius 1 is 1.09 bits per heavy atom. The largest absolute Gasteiger partial charge is 0.467 e. The predicted octanol–water partition coefficient (Wildman–Crippen LogP) is 3.63. The molecule has 5 rings (SSSR count). The van der Waals surface area contributed by atoms with Crippen molar-refractivity contribution in [3.05, 3.63) is 47.2 Å². The van der Waals surface area contributed by atoms with Crippen molar-refractivity contribution in [3.8, 4) is 6.01 Å². The third-order valence-corrected chi connectivity index (χ3v) is 6.92. The monoisotopic (exact) mass is 465 g/mol. The molecule has 182 valence electrons. The van der Waals surface area contributed by atoms with Gasteiger partial charge < -0.3 is 14.4 Å². The summed E-state index contributed by atoms with van der Waals surface area (Å²) in [4.78, 5) is 29.1. The lowest BCUT2D eigenvalue weighted by molar-refractivity contribution is 0.0122. The normalized spacial score (nSPS) is 22.5. The molecule has 3 aliphatic heterocycles. The van der Waals surface area contributed by atoms with Crippen LogP contribution in [0.5, 0.6) is 6.01 Å². The van der Waals surface area contributed by atoms with Gasteiger partial charge in [-0.25, -0.2) is 4.79 Å². The summed E-state index contributed by atoms with van der Waals surface area (Å²) in [5, 5.41) is 0. The molecule has 34 heavy (non-hydrogen) atoms. The van der Waals surface area contributed by atoms with Gasteiger partial charge in [-0.15, -0.1) is 0 Å². The number of ether oxygens (including phenoxy) is 2. The highest BCUT2D eigenvalue weighted by Gasteiger charge is 2.45. The van der Waals surface area contributed by atoms with E-state index in [9.17, 15) is 4.79 Å². The quantitative estimate of drug-likeness (QED) is 0.683. The van der Waals surface area contributed by atoms with Crippen LogP contribution in [0.4, 0.5) is 10.6 Å². The number of amides is 1. The van der Waals surface area contributed by atoms with E-state index in [1.807, 2.05) is 25.7 Å². The Labute approximate surface area is 201 Å². The minimum Gasteiger partial charge on any atom is -0.467 e. The van der Waals surface area contributed by atoms with Crippen molar-refractivity contribution in [1.82, 2.24) is 19.8 Å². The standard InChI is InChI=1S/C26H35N5O3/c1-26(2,3)34-25(32)31-19-10-11-20(31)16-30(15-19)23-21-12-13-29(14-18-8-6-5-7-9-18)17-22(21)27-24(28-23)33-4/h5-9,19-20H,10-17H2,1-4H3. The van der Waals surface area contributed by atoms with Crippen molar-refractivity contribution in [2.75, 3.05) is 31.6 Å².